The van der Waals surface area contributed by atoms with Crippen LogP contribution in [0.2, 0.25) is 5.31 Å². The highest BCUT2D eigenvalue weighted by molar-refractivity contribution is 6.17. The summed E-state index contributed by atoms with van der Waals surface area (Å²) in [7, 11) is 2.29. The Morgan fingerprint density at radius 3 is 2.14 bits per heavy atom. The van der Waals surface area contributed by atoms with Crippen LogP contribution >= 0.6 is 11.6 Å². The summed E-state index contributed by atoms with van der Waals surface area (Å²) in [6.07, 6.45) is 8.15. The average molecular weight is 215 g/mol. The van der Waals surface area contributed by atoms with E-state index in [1.807, 2.05) is 0 Å². The molecule has 0 amide bonds. The van der Waals surface area contributed by atoms with Crippen molar-refractivity contribution in [1.29, 1.82) is 0 Å². The fraction of sp³-hybridized carbons (Fsp3) is 0.833. The summed E-state index contributed by atoms with van der Waals surface area (Å²) >= 11 is 5.62. The summed E-state index contributed by atoms with van der Waals surface area (Å²) in [4.78, 5) is 0. The lowest BCUT2D eigenvalue weighted by Gasteiger charge is -2.36. The van der Waals surface area contributed by atoms with Gasteiger partial charge >= 0.3 is 0 Å². The van der Waals surface area contributed by atoms with Crippen molar-refractivity contribution in [2.45, 2.75) is 52.3 Å². The molecule has 0 aromatic heterocycles. The van der Waals surface area contributed by atoms with Gasteiger partial charge in [0.1, 0.15) is 7.85 Å². The second kappa shape index (κ2) is 5.85. The van der Waals surface area contributed by atoms with Crippen LogP contribution in [-0.2, 0) is 0 Å². The molecule has 2 heteroatoms. The van der Waals surface area contributed by atoms with Crippen molar-refractivity contribution in [2.24, 2.45) is 5.41 Å². The van der Waals surface area contributed by atoms with E-state index in [0.29, 0.717) is 5.31 Å². The molecule has 0 heterocycles. The Hall–Kier alpha value is 0.0949. The van der Waals surface area contributed by atoms with Crippen LogP contribution in [-0.4, -0.2) is 13.7 Å². The van der Waals surface area contributed by atoms with Gasteiger partial charge in [0, 0.05) is 5.88 Å². The molecule has 82 valence electrons. The van der Waals surface area contributed by atoms with E-state index in [1.165, 1.54) is 6.42 Å². The van der Waals surface area contributed by atoms with E-state index in [9.17, 15) is 0 Å². The van der Waals surface area contributed by atoms with Crippen molar-refractivity contribution < 1.29 is 0 Å². The van der Waals surface area contributed by atoms with Crippen molar-refractivity contribution in [3.63, 3.8) is 0 Å². The number of hydrogen-bond acceptors (Lipinski definition) is 0. The van der Waals surface area contributed by atoms with Crippen LogP contribution < -0.4 is 0 Å². The highest BCUT2D eigenvalue weighted by Crippen LogP contribution is 2.42. The summed E-state index contributed by atoms with van der Waals surface area (Å²) < 4.78 is 0. The van der Waals surface area contributed by atoms with E-state index >= 15 is 0 Å². The van der Waals surface area contributed by atoms with Crippen LogP contribution in [0.25, 0.3) is 0 Å². The van der Waals surface area contributed by atoms with Crippen LogP contribution in [0.15, 0.2) is 12.2 Å². The number of halogens is 1. The molecule has 0 saturated carbocycles. The highest BCUT2D eigenvalue weighted by Gasteiger charge is 2.29. The third-order valence-corrected chi connectivity index (χ3v) is 3.49. The van der Waals surface area contributed by atoms with E-state index in [1.54, 1.807) is 0 Å². The van der Waals surface area contributed by atoms with Crippen LogP contribution in [0.1, 0.15) is 47.0 Å². The Kier molecular flexibility index (Phi) is 5.89. The summed E-state index contributed by atoms with van der Waals surface area (Å²) in [6.45, 7) is 9.17. The Bertz CT molecular complexity index is 177. The van der Waals surface area contributed by atoms with Gasteiger partial charge < -0.3 is 0 Å². The summed E-state index contributed by atoms with van der Waals surface area (Å²) in [5, 5.41) is 0.329. The fourth-order valence-corrected chi connectivity index (χ4v) is 1.17. The van der Waals surface area contributed by atoms with Crippen molar-refractivity contribution >= 4 is 19.4 Å². The number of unbranched alkanes of at least 4 members (excludes halogenated alkanes) is 2. The molecule has 0 fully saturated rings. The topological polar surface area (TPSA) is 0 Å². The average Bonchev–Trinajstić information content (AvgIpc) is 2.02. The lowest BCUT2D eigenvalue weighted by Crippen LogP contribution is -2.24. The molecule has 0 aromatic carbocycles. The molecular formula is C12H24BCl. The molecule has 0 unspecified atom stereocenters. The largest absolute Gasteiger partial charge is 0.127 e. The SMILES string of the molecule is BC(C)(C)C(C)(C)C=CCCCCCl. The molecule has 0 aliphatic rings. The maximum absolute atomic E-state index is 5.62. The fourth-order valence-electron chi connectivity index (χ4n) is 0.985. The first kappa shape index (κ1) is 14.1. The number of allylic oxidation sites excluding steroid dienone is 2. The number of rotatable bonds is 6. The first-order chi connectivity index (χ1) is 6.31. The molecule has 0 saturated heterocycles. The van der Waals surface area contributed by atoms with Crippen molar-refractivity contribution in [2.75, 3.05) is 5.88 Å². The maximum Gasteiger partial charge on any atom is 0.109 e. The van der Waals surface area contributed by atoms with Gasteiger partial charge in [-0.1, -0.05) is 45.2 Å². The van der Waals surface area contributed by atoms with E-state index in [4.69, 9.17) is 11.6 Å². The minimum atomic E-state index is 0.272. The van der Waals surface area contributed by atoms with Gasteiger partial charge in [-0.25, -0.2) is 0 Å². The third kappa shape index (κ3) is 5.09. The normalized spacial score (nSPS) is 13.8. The maximum atomic E-state index is 5.62. The van der Waals surface area contributed by atoms with Crippen LogP contribution in [0.3, 0.4) is 0 Å². The molecular weight excluding hydrogens is 190 g/mol. The lowest BCUT2D eigenvalue weighted by molar-refractivity contribution is 0.352. The second-order valence-electron chi connectivity index (χ2n) is 5.56. The zero-order valence-electron chi connectivity index (χ0n) is 10.4. The highest BCUT2D eigenvalue weighted by atomic mass is 35.5. The predicted molar refractivity (Wildman–Crippen MR) is 70.1 cm³/mol. The summed E-state index contributed by atoms with van der Waals surface area (Å²) in [6, 6.07) is 0. The van der Waals surface area contributed by atoms with E-state index in [-0.39, 0.29) is 5.41 Å². The Morgan fingerprint density at radius 2 is 1.71 bits per heavy atom. The lowest BCUT2D eigenvalue weighted by atomic mass is 9.56. The van der Waals surface area contributed by atoms with Gasteiger partial charge in [0.05, 0.1) is 0 Å². The monoisotopic (exact) mass is 214 g/mol. The zero-order valence-corrected chi connectivity index (χ0v) is 11.1. The van der Waals surface area contributed by atoms with E-state index in [2.05, 4.69) is 47.7 Å². The third-order valence-electron chi connectivity index (χ3n) is 3.22. The van der Waals surface area contributed by atoms with Gasteiger partial charge in [0.25, 0.3) is 0 Å². The zero-order chi connectivity index (χ0) is 11.2. The smallest absolute Gasteiger partial charge is 0.109 e. The van der Waals surface area contributed by atoms with Crippen LogP contribution in [0, 0.1) is 5.41 Å². The Balaban J connectivity index is 3.97. The quantitative estimate of drug-likeness (QED) is 0.273. The molecule has 0 aliphatic heterocycles. The first-order valence-corrected chi connectivity index (χ1v) is 6.08. The van der Waals surface area contributed by atoms with Crippen molar-refractivity contribution in [3.05, 3.63) is 12.2 Å². The van der Waals surface area contributed by atoms with Gasteiger partial charge in [-0.05, 0) is 24.7 Å². The molecule has 0 nitrogen and oxygen atoms in total. The van der Waals surface area contributed by atoms with Gasteiger partial charge in [-0.3, -0.25) is 0 Å². The van der Waals surface area contributed by atoms with Gasteiger partial charge in [-0.15, -0.1) is 11.6 Å². The second-order valence-corrected chi connectivity index (χ2v) is 5.94. The molecule has 14 heavy (non-hydrogen) atoms. The molecule has 0 aromatic rings. The Morgan fingerprint density at radius 1 is 1.14 bits per heavy atom. The molecule has 0 aliphatic carbocycles. The van der Waals surface area contributed by atoms with E-state index < -0.39 is 0 Å². The summed E-state index contributed by atoms with van der Waals surface area (Å²) in [5.41, 5.74) is 0.272. The van der Waals surface area contributed by atoms with Crippen molar-refractivity contribution in [3.8, 4) is 0 Å². The van der Waals surface area contributed by atoms with Gasteiger partial charge in [-0.2, -0.15) is 0 Å². The minimum absolute atomic E-state index is 0.272. The van der Waals surface area contributed by atoms with Crippen LogP contribution in [0.4, 0.5) is 0 Å². The van der Waals surface area contributed by atoms with Crippen LogP contribution in [0.5, 0.6) is 0 Å². The minimum Gasteiger partial charge on any atom is -0.127 e. The molecule has 0 bridgehead atoms. The number of hydrogen-bond donors (Lipinski definition) is 0. The Labute approximate surface area is 95.5 Å². The number of alkyl halides is 1. The molecule has 0 N–H and O–H groups in total. The van der Waals surface area contributed by atoms with E-state index in [0.717, 1.165) is 18.7 Å². The summed E-state index contributed by atoms with van der Waals surface area (Å²) in [5.74, 6) is 0.788. The molecule has 0 spiro atoms. The predicted octanol–water partition coefficient (Wildman–Crippen LogP) is 3.81. The molecule has 0 radical (unpaired) electrons. The van der Waals surface area contributed by atoms with Gasteiger partial charge in [0.15, 0.2) is 0 Å². The van der Waals surface area contributed by atoms with Crippen molar-refractivity contribution in [1.82, 2.24) is 0 Å². The van der Waals surface area contributed by atoms with Gasteiger partial charge in [0.2, 0.25) is 0 Å². The molecule has 0 atom stereocenters. The first-order valence-electron chi connectivity index (χ1n) is 5.55. The molecule has 0 rings (SSSR count). The standard InChI is InChI=1S/C12H24BCl/c1-11(2,12(3,4)13)9-7-5-6-8-10-14/h7,9H,5-6,8,10,13H2,1-4H3.